The number of thioether (sulfide) groups is 1. The van der Waals surface area contributed by atoms with Gasteiger partial charge in [0.1, 0.15) is 11.5 Å². The van der Waals surface area contributed by atoms with E-state index in [0.29, 0.717) is 11.3 Å². The average molecular weight is 273 g/mol. The van der Waals surface area contributed by atoms with Crippen molar-refractivity contribution >= 4 is 23.4 Å². The zero-order valence-corrected chi connectivity index (χ0v) is 11.8. The van der Waals surface area contributed by atoms with Crippen molar-refractivity contribution in [2.75, 3.05) is 17.2 Å². The average Bonchev–Trinajstić information content (AvgIpc) is 2.76. The van der Waals surface area contributed by atoms with Gasteiger partial charge in [0.15, 0.2) is 0 Å². The van der Waals surface area contributed by atoms with Crippen LogP contribution in [-0.4, -0.2) is 18.2 Å². The number of benzene rings is 1. The molecule has 2 aromatic rings. The zero-order chi connectivity index (χ0) is 13.4. The Morgan fingerprint density at radius 2 is 2.11 bits per heavy atom. The molecule has 0 radical (unpaired) electrons. The van der Waals surface area contributed by atoms with Gasteiger partial charge in [0, 0.05) is 17.2 Å². The highest BCUT2D eigenvalue weighted by Gasteiger charge is 2.26. The molecule has 3 nitrogen and oxygen atoms in total. The SMILES string of the molecule is Cc1cc(C(=O)N2CCSc3ccccc32)c(C)o1. The molecule has 98 valence electrons. The second kappa shape index (κ2) is 4.78. The number of amides is 1. The summed E-state index contributed by atoms with van der Waals surface area (Å²) in [5, 5.41) is 0. The van der Waals surface area contributed by atoms with Crippen LogP contribution in [0.15, 0.2) is 39.6 Å². The number of fused-ring (bicyclic) bond motifs is 1. The minimum atomic E-state index is 0.0297. The highest BCUT2D eigenvalue weighted by Crippen LogP contribution is 2.35. The van der Waals surface area contributed by atoms with Gasteiger partial charge in [-0.2, -0.15) is 0 Å². The summed E-state index contributed by atoms with van der Waals surface area (Å²) in [4.78, 5) is 15.7. The van der Waals surface area contributed by atoms with Crippen LogP contribution in [-0.2, 0) is 0 Å². The lowest BCUT2D eigenvalue weighted by Gasteiger charge is -2.28. The summed E-state index contributed by atoms with van der Waals surface area (Å²) >= 11 is 1.80. The Morgan fingerprint density at radius 3 is 2.84 bits per heavy atom. The number of anilines is 1. The Bertz CT molecular complexity index is 633. The van der Waals surface area contributed by atoms with Gasteiger partial charge in [0.05, 0.1) is 11.3 Å². The first kappa shape index (κ1) is 12.4. The summed E-state index contributed by atoms with van der Waals surface area (Å²) in [5.74, 6) is 2.43. The van der Waals surface area contributed by atoms with E-state index in [1.54, 1.807) is 11.8 Å². The van der Waals surface area contributed by atoms with Crippen molar-refractivity contribution in [1.82, 2.24) is 0 Å². The molecule has 1 aliphatic rings. The van der Waals surface area contributed by atoms with Crippen molar-refractivity contribution in [3.8, 4) is 0 Å². The molecule has 1 aliphatic heterocycles. The van der Waals surface area contributed by atoms with Crippen molar-refractivity contribution in [3.63, 3.8) is 0 Å². The molecule has 1 amide bonds. The molecular formula is C15H15NO2S. The van der Waals surface area contributed by atoms with Crippen molar-refractivity contribution < 1.29 is 9.21 Å². The molecule has 0 saturated carbocycles. The van der Waals surface area contributed by atoms with Gasteiger partial charge in [0.25, 0.3) is 5.91 Å². The number of carbonyl (C=O) groups is 1. The molecule has 1 aromatic carbocycles. The van der Waals surface area contributed by atoms with Crippen LogP contribution in [0.5, 0.6) is 0 Å². The Morgan fingerprint density at radius 1 is 1.32 bits per heavy atom. The summed E-state index contributed by atoms with van der Waals surface area (Å²) < 4.78 is 5.46. The first-order chi connectivity index (χ1) is 9.16. The summed E-state index contributed by atoms with van der Waals surface area (Å²) in [7, 11) is 0. The molecule has 0 bridgehead atoms. The largest absolute Gasteiger partial charge is 0.466 e. The van der Waals surface area contributed by atoms with E-state index in [1.807, 2.05) is 43.0 Å². The van der Waals surface area contributed by atoms with Crippen molar-refractivity contribution in [3.05, 3.63) is 47.4 Å². The number of aryl methyl sites for hydroxylation is 2. The van der Waals surface area contributed by atoms with Crippen molar-refractivity contribution in [2.45, 2.75) is 18.7 Å². The minimum Gasteiger partial charge on any atom is -0.466 e. The molecule has 2 heterocycles. The van der Waals surface area contributed by atoms with Gasteiger partial charge in [-0.3, -0.25) is 4.79 Å². The molecule has 0 unspecified atom stereocenters. The third-order valence-electron chi connectivity index (χ3n) is 3.25. The van der Waals surface area contributed by atoms with Crippen LogP contribution in [0.3, 0.4) is 0 Å². The number of hydrogen-bond acceptors (Lipinski definition) is 3. The highest BCUT2D eigenvalue weighted by molar-refractivity contribution is 7.99. The van der Waals surface area contributed by atoms with E-state index >= 15 is 0 Å². The van der Waals surface area contributed by atoms with Crippen LogP contribution in [0.2, 0.25) is 0 Å². The molecule has 1 aromatic heterocycles. The smallest absolute Gasteiger partial charge is 0.261 e. The summed E-state index contributed by atoms with van der Waals surface area (Å²) in [6, 6.07) is 9.86. The second-order valence-electron chi connectivity index (χ2n) is 4.60. The first-order valence-corrected chi connectivity index (χ1v) is 7.26. The molecule has 3 rings (SSSR count). The second-order valence-corrected chi connectivity index (χ2v) is 5.74. The van der Waals surface area contributed by atoms with Gasteiger partial charge < -0.3 is 9.32 Å². The van der Waals surface area contributed by atoms with Gasteiger partial charge >= 0.3 is 0 Å². The van der Waals surface area contributed by atoms with Gasteiger partial charge in [-0.1, -0.05) is 12.1 Å². The van der Waals surface area contributed by atoms with Gasteiger partial charge in [0.2, 0.25) is 0 Å². The highest BCUT2D eigenvalue weighted by atomic mass is 32.2. The van der Waals surface area contributed by atoms with E-state index in [4.69, 9.17) is 4.42 Å². The Kier molecular flexibility index (Phi) is 3.11. The maximum absolute atomic E-state index is 12.7. The maximum atomic E-state index is 12.7. The van der Waals surface area contributed by atoms with Crippen LogP contribution in [0.25, 0.3) is 0 Å². The third-order valence-corrected chi connectivity index (χ3v) is 4.29. The predicted molar refractivity (Wildman–Crippen MR) is 77.0 cm³/mol. The molecule has 0 saturated heterocycles. The van der Waals surface area contributed by atoms with Crippen LogP contribution in [0, 0.1) is 13.8 Å². The van der Waals surface area contributed by atoms with Crippen molar-refractivity contribution in [2.24, 2.45) is 0 Å². The maximum Gasteiger partial charge on any atom is 0.261 e. The minimum absolute atomic E-state index is 0.0297. The first-order valence-electron chi connectivity index (χ1n) is 6.27. The fourth-order valence-corrected chi connectivity index (χ4v) is 3.36. The van der Waals surface area contributed by atoms with E-state index in [0.717, 1.165) is 23.7 Å². The van der Waals surface area contributed by atoms with E-state index in [-0.39, 0.29) is 5.91 Å². The summed E-state index contributed by atoms with van der Waals surface area (Å²) in [6.07, 6.45) is 0. The Hall–Kier alpha value is -1.68. The van der Waals surface area contributed by atoms with E-state index < -0.39 is 0 Å². The zero-order valence-electron chi connectivity index (χ0n) is 11.0. The number of para-hydroxylation sites is 1. The van der Waals surface area contributed by atoms with Gasteiger partial charge in [-0.15, -0.1) is 11.8 Å². The Labute approximate surface area is 116 Å². The Balaban J connectivity index is 2.00. The van der Waals surface area contributed by atoms with Crippen LogP contribution in [0.4, 0.5) is 5.69 Å². The standard InChI is InChI=1S/C15H15NO2S/c1-10-9-12(11(2)18-10)15(17)16-7-8-19-14-6-4-3-5-13(14)16/h3-6,9H,7-8H2,1-2H3. The molecule has 0 N–H and O–H groups in total. The van der Waals surface area contributed by atoms with Crippen LogP contribution >= 0.6 is 11.8 Å². The monoisotopic (exact) mass is 273 g/mol. The third kappa shape index (κ3) is 2.16. The topological polar surface area (TPSA) is 33.5 Å². The number of rotatable bonds is 1. The van der Waals surface area contributed by atoms with E-state index in [1.165, 1.54) is 4.90 Å². The molecule has 0 aliphatic carbocycles. The van der Waals surface area contributed by atoms with Crippen LogP contribution < -0.4 is 4.90 Å². The van der Waals surface area contributed by atoms with E-state index in [9.17, 15) is 4.79 Å². The summed E-state index contributed by atoms with van der Waals surface area (Å²) in [6.45, 7) is 4.44. The predicted octanol–water partition coefficient (Wildman–Crippen LogP) is 3.65. The lowest BCUT2D eigenvalue weighted by atomic mass is 10.2. The van der Waals surface area contributed by atoms with Crippen molar-refractivity contribution in [1.29, 1.82) is 0 Å². The number of nitrogens with zero attached hydrogens (tertiary/aromatic N) is 1. The fourth-order valence-electron chi connectivity index (χ4n) is 2.37. The number of furan rings is 1. The molecule has 4 heteroatoms. The van der Waals surface area contributed by atoms with Crippen LogP contribution in [0.1, 0.15) is 21.9 Å². The fraction of sp³-hybridized carbons (Fsp3) is 0.267. The summed E-state index contributed by atoms with van der Waals surface area (Å²) in [5.41, 5.74) is 1.67. The number of hydrogen-bond donors (Lipinski definition) is 0. The molecule has 0 atom stereocenters. The van der Waals surface area contributed by atoms with Gasteiger partial charge in [-0.05, 0) is 32.0 Å². The molecule has 0 spiro atoms. The lowest BCUT2D eigenvalue weighted by molar-refractivity contribution is 0.0986. The van der Waals surface area contributed by atoms with E-state index in [2.05, 4.69) is 6.07 Å². The molecule has 0 fully saturated rings. The molecular weight excluding hydrogens is 258 g/mol. The molecule has 19 heavy (non-hydrogen) atoms. The van der Waals surface area contributed by atoms with Gasteiger partial charge in [-0.25, -0.2) is 0 Å². The quantitative estimate of drug-likeness (QED) is 0.795. The lowest BCUT2D eigenvalue weighted by Crippen LogP contribution is -2.35. The normalized spacial score (nSPS) is 14.3. The number of carbonyl (C=O) groups excluding carboxylic acids is 1.